The highest BCUT2D eigenvalue weighted by molar-refractivity contribution is 6.74. The quantitative estimate of drug-likeness (QED) is 0.492. The van der Waals surface area contributed by atoms with Crippen LogP contribution in [0.3, 0.4) is 0 Å². The third kappa shape index (κ3) is 7.05. The molecule has 0 bridgehead atoms. The van der Waals surface area contributed by atoms with E-state index in [-0.39, 0.29) is 31.2 Å². The van der Waals surface area contributed by atoms with Gasteiger partial charge in [-0.05, 0) is 44.5 Å². The number of likely N-dealkylation sites (tertiary alicyclic amines) is 1. The minimum Gasteiger partial charge on any atom is -0.459 e. The van der Waals surface area contributed by atoms with Gasteiger partial charge in [-0.1, -0.05) is 51.1 Å². The summed E-state index contributed by atoms with van der Waals surface area (Å²) in [5.41, 5.74) is -1.24. The highest BCUT2D eigenvalue weighted by atomic mass is 28.4. The van der Waals surface area contributed by atoms with E-state index in [2.05, 4.69) is 33.9 Å². The summed E-state index contributed by atoms with van der Waals surface area (Å²) in [7, 11) is -2.13. The first-order valence-electron chi connectivity index (χ1n) is 11.1. The molecule has 1 N–H and O–H groups in total. The van der Waals surface area contributed by atoms with Gasteiger partial charge in [0.05, 0.1) is 13.2 Å². The van der Waals surface area contributed by atoms with E-state index in [1.807, 2.05) is 30.3 Å². The van der Waals surface area contributed by atoms with Crippen LogP contribution in [0.4, 0.5) is 4.79 Å². The molecule has 32 heavy (non-hydrogen) atoms. The zero-order valence-electron chi connectivity index (χ0n) is 20.7. The van der Waals surface area contributed by atoms with Crippen molar-refractivity contribution < 1.29 is 28.6 Å². The fraction of sp³-hybridized carbons (Fsp3) is 0.667. The summed E-state index contributed by atoms with van der Waals surface area (Å²) in [5.74, 6) is -0.567. The standard InChI is InChI=1S/C24H39NO6Si/c1-22(2,3)31-21(27)25-16-24(28,17-30-32(7,8)23(4,5)6)14-19(25)20(26)29-15-18-12-10-9-11-13-18/h9-13,19,28H,14-17H2,1-8H3. The van der Waals surface area contributed by atoms with Crippen LogP contribution < -0.4 is 0 Å². The van der Waals surface area contributed by atoms with Crippen molar-refractivity contribution in [3.05, 3.63) is 35.9 Å². The van der Waals surface area contributed by atoms with E-state index in [4.69, 9.17) is 13.9 Å². The van der Waals surface area contributed by atoms with Crippen molar-refractivity contribution in [1.29, 1.82) is 0 Å². The number of carbonyl (C=O) groups excluding carboxylic acids is 2. The molecule has 8 heteroatoms. The number of hydrogen-bond donors (Lipinski definition) is 1. The maximum Gasteiger partial charge on any atom is 0.411 e. The molecule has 2 rings (SSSR count). The van der Waals surface area contributed by atoms with Crippen LogP contribution in [0.25, 0.3) is 0 Å². The average Bonchev–Trinajstić information content (AvgIpc) is 3.02. The minimum absolute atomic E-state index is 0.0270. The van der Waals surface area contributed by atoms with Gasteiger partial charge in [-0.25, -0.2) is 9.59 Å². The van der Waals surface area contributed by atoms with E-state index in [0.717, 1.165) is 5.56 Å². The number of aliphatic hydroxyl groups is 1. The number of amides is 1. The van der Waals surface area contributed by atoms with Crippen molar-refractivity contribution in [1.82, 2.24) is 4.90 Å². The Morgan fingerprint density at radius 1 is 1.12 bits per heavy atom. The fourth-order valence-corrected chi connectivity index (χ4v) is 4.21. The average molecular weight is 466 g/mol. The molecular formula is C24H39NO6Si. The van der Waals surface area contributed by atoms with Gasteiger partial charge in [0.1, 0.15) is 23.9 Å². The van der Waals surface area contributed by atoms with E-state index in [1.165, 1.54) is 4.90 Å². The normalized spacial score (nSPS) is 22.0. The maximum absolute atomic E-state index is 12.9. The number of β-amino-alcohol motifs (C(OH)–C–C–N with tert-alkyl or cyclic N) is 1. The van der Waals surface area contributed by atoms with E-state index in [9.17, 15) is 14.7 Å². The van der Waals surface area contributed by atoms with E-state index in [0.29, 0.717) is 0 Å². The van der Waals surface area contributed by atoms with Crippen molar-refractivity contribution in [2.45, 2.75) is 89.9 Å². The molecule has 0 aromatic heterocycles. The summed E-state index contributed by atoms with van der Waals surface area (Å²) in [6.07, 6.45) is -0.614. The van der Waals surface area contributed by atoms with Crippen LogP contribution in [0.5, 0.6) is 0 Å². The molecule has 1 aromatic carbocycles. The van der Waals surface area contributed by atoms with Crippen LogP contribution in [-0.4, -0.2) is 60.8 Å². The topological polar surface area (TPSA) is 85.3 Å². The van der Waals surface area contributed by atoms with E-state index in [1.54, 1.807) is 20.8 Å². The lowest BCUT2D eigenvalue weighted by Crippen LogP contribution is -2.48. The van der Waals surface area contributed by atoms with Crippen LogP contribution in [0, 0.1) is 0 Å². The van der Waals surface area contributed by atoms with Crippen molar-refractivity contribution in [3.63, 3.8) is 0 Å². The monoisotopic (exact) mass is 465 g/mol. The third-order valence-electron chi connectivity index (χ3n) is 6.05. The van der Waals surface area contributed by atoms with Crippen molar-refractivity contribution in [2.75, 3.05) is 13.2 Å². The molecular weight excluding hydrogens is 426 g/mol. The van der Waals surface area contributed by atoms with Gasteiger partial charge < -0.3 is 19.0 Å². The summed E-state index contributed by atoms with van der Waals surface area (Å²) >= 11 is 0. The molecule has 1 aliphatic rings. The number of rotatable bonds is 6. The highest BCUT2D eigenvalue weighted by Gasteiger charge is 2.51. The van der Waals surface area contributed by atoms with E-state index < -0.39 is 37.6 Å². The van der Waals surface area contributed by atoms with Gasteiger partial charge in [-0.3, -0.25) is 4.90 Å². The number of hydrogen-bond acceptors (Lipinski definition) is 6. The largest absolute Gasteiger partial charge is 0.459 e. The Bertz CT molecular complexity index is 799. The number of esters is 1. The Balaban J connectivity index is 2.16. The molecule has 0 radical (unpaired) electrons. The zero-order chi connectivity index (χ0) is 24.4. The van der Waals surface area contributed by atoms with Crippen molar-refractivity contribution in [2.24, 2.45) is 0 Å². The number of nitrogens with zero attached hydrogens (tertiary/aromatic N) is 1. The first-order chi connectivity index (χ1) is 14.5. The lowest BCUT2D eigenvalue weighted by molar-refractivity contribution is -0.150. The maximum atomic E-state index is 12.9. The van der Waals surface area contributed by atoms with Gasteiger partial charge in [-0.2, -0.15) is 0 Å². The molecule has 1 aliphatic heterocycles. The number of ether oxygens (including phenoxy) is 2. The van der Waals surface area contributed by atoms with Crippen molar-refractivity contribution in [3.8, 4) is 0 Å². The van der Waals surface area contributed by atoms with Gasteiger partial charge in [0.2, 0.25) is 0 Å². The van der Waals surface area contributed by atoms with Crippen LogP contribution in [0.2, 0.25) is 18.1 Å². The molecule has 2 unspecified atom stereocenters. The first kappa shape index (κ1) is 26.4. The molecule has 1 aromatic rings. The van der Waals surface area contributed by atoms with Gasteiger partial charge in [0, 0.05) is 6.42 Å². The Labute approximate surface area is 193 Å². The summed E-state index contributed by atoms with van der Waals surface area (Å²) in [4.78, 5) is 27.1. The number of carbonyl (C=O) groups is 2. The predicted molar refractivity (Wildman–Crippen MR) is 126 cm³/mol. The fourth-order valence-electron chi connectivity index (χ4n) is 3.15. The van der Waals surface area contributed by atoms with Gasteiger partial charge >= 0.3 is 12.1 Å². The molecule has 180 valence electrons. The Morgan fingerprint density at radius 2 is 1.72 bits per heavy atom. The van der Waals surface area contributed by atoms with Crippen molar-refractivity contribution >= 4 is 20.4 Å². The highest BCUT2D eigenvalue weighted by Crippen LogP contribution is 2.38. The summed E-state index contributed by atoms with van der Waals surface area (Å²) < 4.78 is 17.2. The predicted octanol–water partition coefficient (Wildman–Crippen LogP) is 4.49. The van der Waals surface area contributed by atoms with Crippen LogP contribution in [0.15, 0.2) is 30.3 Å². The van der Waals surface area contributed by atoms with Crippen LogP contribution >= 0.6 is 0 Å². The second-order valence-electron chi connectivity index (χ2n) is 11.2. The molecule has 1 saturated heterocycles. The second-order valence-corrected chi connectivity index (χ2v) is 16.0. The summed E-state index contributed by atoms with van der Waals surface area (Å²) in [6, 6.07) is 8.38. The summed E-state index contributed by atoms with van der Waals surface area (Å²) in [6.45, 7) is 15.9. The third-order valence-corrected chi connectivity index (χ3v) is 10.5. The molecule has 2 atom stereocenters. The van der Waals surface area contributed by atoms with Gasteiger partial charge in [-0.15, -0.1) is 0 Å². The first-order valence-corrected chi connectivity index (χ1v) is 14.0. The molecule has 1 amide bonds. The van der Waals surface area contributed by atoms with Crippen LogP contribution in [0.1, 0.15) is 53.5 Å². The molecule has 1 fully saturated rings. The molecule has 0 aliphatic carbocycles. The van der Waals surface area contributed by atoms with E-state index >= 15 is 0 Å². The van der Waals surface area contributed by atoms with Gasteiger partial charge in [0.15, 0.2) is 8.32 Å². The molecule has 7 nitrogen and oxygen atoms in total. The Hall–Kier alpha value is -1.90. The molecule has 0 saturated carbocycles. The van der Waals surface area contributed by atoms with Crippen LogP contribution in [-0.2, 0) is 25.3 Å². The second kappa shape index (κ2) is 9.53. The minimum atomic E-state index is -2.13. The Kier molecular flexibility index (Phi) is 7.85. The van der Waals surface area contributed by atoms with Gasteiger partial charge in [0.25, 0.3) is 0 Å². The summed E-state index contributed by atoms with van der Waals surface area (Å²) in [5, 5.41) is 11.3. The lowest BCUT2D eigenvalue weighted by atomic mass is 10.0. The lowest BCUT2D eigenvalue weighted by Gasteiger charge is -2.38. The number of benzene rings is 1. The zero-order valence-corrected chi connectivity index (χ0v) is 21.7. The smallest absolute Gasteiger partial charge is 0.411 e. The molecule has 0 spiro atoms. The SMILES string of the molecule is CC(C)(C)OC(=O)N1CC(O)(CO[Si](C)(C)C(C)(C)C)CC1C(=O)OCc1ccccc1. The Morgan fingerprint density at radius 3 is 2.25 bits per heavy atom. The molecule has 1 heterocycles.